The SMILES string of the molecule is CC(NC(=O)C1CC(=O)N(C2CCCC2)C1)c1cn[nH]c1. The maximum atomic E-state index is 12.3. The number of nitrogens with one attached hydrogen (secondary N) is 2. The topological polar surface area (TPSA) is 78.1 Å². The van der Waals surface area contributed by atoms with Gasteiger partial charge in [-0.2, -0.15) is 5.10 Å². The van der Waals surface area contributed by atoms with Crippen LogP contribution in [0.15, 0.2) is 12.4 Å². The van der Waals surface area contributed by atoms with Gasteiger partial charge in [-0.25, -0.2) is 0 Å². The highest BCUT2D eigenvalue weighted by atomic mass is 16.2. The van der Waals surface area contributed by atoms with E-state index in [0.29, 0.717) is 19.0 Å². The monoisotopic (exact) mass is 290 g/mol. The summed E-state index contributed by atoms with van der Waals surface area (Å²) in [6.07, 6.45) is 8.40. The van der Waals surface area contributed by atoms with Crippen molar-refractivity contribution in [1.82, 2.24) is 20.4 Å². The largest absolute Gasteiger partial charge is 0.349 e. The molecule has 1 saturated carbocycles. The molecule has 2 aliphatic rings. The lowest BCUT2D eigenvalue weighted by molar-refractivity contribution is -0.130. The van der Waals surface area contributed by atoms with E-state index < -0.39 is 0 Å². The predicted molar refractivity (Wildman–Crippen MR) is 77.2 cm³/mol. The van der Waals surface area contributed by atoms with Crippen LogP contribution in [0, 0.1) is 5.92 Å². The van der Waals surface area contributed by atoms with Gasteiger partial charge in [0.2, 0.25) is 11.8 Å². The average Bonchev–Trinajstić information content (AvgIpc) is 3.20. The van der Waals surface area contributed by atoms with Gasteiger partial charge in [0.15, 0.2) is 0 Å². The van der Waals surface area contributed by atoms with Crippen molar-refractivity contribution >= 4 is 11.8 Å². The predicted octanol–water partition coefficient (Wildman–Crippen LogP) is 1.38. The number of amides is 2. The summed E-state index contributed by atoms with van der Waals surface area (Å²) in [5.41, 5.74) is 0.945. The number of carbonyl (C=O) groups is 2. The number of rotatable bonds is 4. The van der Waals surface area contributed by atoms with Crippen LogP contribution >= 0.6 is 0 Å². The minimum atomic E-state index is -0.215. The molecule has 0 spiro atoms. The molecule has 2 atom stereocenters. The first-order valence-electron chi connectivity index (χ1n) is 7.73. The average molecular weight is 290 g/mol. The van der Waals surface area contributed by atoms with E-state index in [-0.39, 0.29) is 23.8 Å². The fraction of sp³-hybridized carbons (Fsp3) is 0.667. The summed E-state index contributed by atoms with van der Waals surface area (Å²) in [5.74, 6) is -0.108. The van der Waals surface area contributed by atoms with E-state index in [9.17, 15) is 9.59 Å². The number of carbonyl (C=O) groups excluding carboxylic acids is 2. The third kappa shape index (κ3) is 2.94. The van der Waals surface area contributed by atoms with Crippen LogP contribution in [0.1, 0.15) is 50.6 Å². The third-order valence-corrected chi connectivity index (χ3v) is 4.67. The summed E-state index contributed by atoms with van der Waals surface area (Å²) < 4.78 is 0. The smallest absolute Gasteiger partial charge is 0.225 e. The molecule has 2 unspecified atom stereocenters. The molecule has 0 bridgehead atoms. The Morgan fingerprint density at radius 3 is 2.90 bits per heavy atom. The fourth-order valence-electron chi connectivity index (χ4n) is 3.39. The second-order valence-corrected chi connectivity index (χ2v) is 6.15. The maximum Gasteiger partial charge on any atom is 0.225 e. The van der Waals surface area contributed by atoms with E-state index in [1.807, 2.05) is 11.8 Å². The Morgan fingerprint density at radius 1 is 1.48 bits per heavy atom. The molecule has 1 aliphatic carbocycles. The Kier molecular flexibility index (Phi) is 3.94. The van der Waals surface area contributed by atoms with Crippen molar-refractivity contribution in [1.29, 1.82) is 0 Å². The van der Waals surface area contributed by atoms with E-state index >= 15 is 0 Å². The van der Waals surface area contributed by atoms with Gasteiger partial charge in [-0.1, -0.05) is 12.8 Å². The number of likely N-dealkylation sites (tertiary alicyclic amines) is 1. The zero-order chi connectivity index (χ0) is 14.8. The van der Waals surface area contributed by atoms with Gasteiger partial charge in [0, 0.05) is 30.8 Å². The van der Waals surface area contributed by atoms with Crippen LogP contribution in [0.4, 0.5) is 0 Å². The summed E-state index contributed by atoms with van der Waals surface area (Å²) in [7, 11) is 0. The lowest BCUT2D eigenvalue weighted by atomic mass is 10.1. The molecular formula is C15H22N4O2. The van der Waals surface area contributed by atoms with E-state index in [1.165, 1.54) is 12.8 Å². The third-order valence-electron chi connectivity index (χ3n) is 4.67. The zero-order valence-electron chi connectivity index (χ0n) is 12.3. The quantitative estimate of drug-likeness (QED) is 0.879. The Hall–Kier alpha value is -1.85. The van der Waals surface area contributed by atoms with Gasteiger partial charge in [0.25, 0.3) is 0 Å². The van der Waals surface area contributed by atoms with Crippen LogP contribution in [0.2, 0.25) is 0 Å². The standard InChI is InChI=1S/C15H22N4O2/c1-10(12-7-16-17-8-12)18-15(21)11-6-14(20)19(9-11)13-4-2-3-5-13/h7-8,10-11,13H,2-6,9H2,1H3,(H,16,17)(H,18,21). The zero-order valence-corrected chi connectivity index (χ0v) is 12.3. The molecule has 2 amide bonds. The first-order chi connectivity index (χ1) is 10.1. The highest BCUT2D eigenvalue weighted by Gasteiger charge is 2.38. The first-order valence-corrected chi connectivity index (χ1v) is 7.73. The van der Waals surface area contributed by atoms with Gasteiger partial charge < -0.3 is 10.2 Å². The Morgan fingerprint density at radius 2 is 2.24 bits per heavy atom. The maximum absolute atomic E-state index is 12.3. The van der Waals surface area contributed by atoms with E-state index in [4.69, 9.17) is 0 Å². The molecule has 0 radical (unpaired) electrons. The van der Waals surface area contributed by atoms with Crippen LogP contribution in [0.5, 0.6) is 0 Å². The molecule has 1 aliphatic heterocycles. The van der Waals surface area contributed by atoms with Crippen molar-refractivity contribution < 1.29 is 9.59 Å². The minimum absolute atomic E-state index is 0.0300. The number of hydrogen-bond donors (Lipinski definition) is 2. The van der Waals surface area contributed by atoms with Crippen LogP contribution in [-0.4, -0.2) is 39.5 Å². The van der Waals surface area contributed by atoms with Crippen LogP contribution in [-0.2, 0) is 9.59 Å². The van der Waals surface area contributed by atoms with Crippen molar-refractivity contribution in [3.05, 3.63) is 18.0 Å². The van der Waals surface area contributed by atoms with Crippen LogP contribution in [0.3, 0.4) is 0 Å². The van der Waals surface area contributed by atoms with E-state index in [0.717, 1.165) is 18.4 Å². The second-order valence-electron chi connectivity index (χ2n) is 6.15. The molecule has 21 heavy (non-hydrogen) atoms. The van der Waals surface area contributed by atoms with Crippen LogP contribution in [0.25, 0.3) is 0 Å². The van der Waals surface area contributed by atoms with Gasteiger partial charge in [0.05, 0.1) is 18.2 Å². The molecule has 0 aromatic carbocycles. The molecule has 2 N–H and O–H groups in total. The van der Waals surface area contributed by atoms with Gasteiger partial charge in [-0.05, 0) is 19.8 Å². The normalized spacial score (nSPS) is 24.5. The summed E-state index contributed by atoms with van der Waals surface area (Å²) in [5, 5.41) is 9.60. The summed E-state index contributed by atoms with van der Waals surface area (Å²) in [6.45, 7) is 2.50. The van der Waals surface area contributed by atoms with Gasteiger partial charge in [-0.15, -0.1) is 0 Å². The van der Waals surface area contributed by atoms with Crippen molar-refractivity contribution in [2.45, 2.75) is 51.1 Å². The Balaban J connectivity index is 1.57. The number of aromatic nitrogens is 2. The summed E-state index contributed by atoms with van der Waals surface area (Å²) >= 11 is 0. The highest BCUT2D eigenvalue weighted by Crippen LogP contribution is 2.29. The fourth-order valence-corrected chi connectivity index (χ4v) is 3.39. The van der Waals surface area contributed by atoms with Gasteiger partial charge >= 0.3 is 0 Å². The van der Waals surface area contributed by atoms with E-state index in [2.05, 4.69) is 15.5 Å². The minimum Gasteiger partial charge on any atom is -0.349 e. The molecular weight excluding hydrogens is 268 g/mol. The second kappa shape index (κ2) is 5.87. The van der Waals surface area contributed by atoms with Gasteiger partial charge in [0.1, 0.15) is 0 Å². The Labute approximate surface area is 124 Å². The summed E-state index contributed by atoms with van der Waals surface area (Å²) in [4.78, 5) is 26.4. The number of H-pyrrole nitrogens is 1. The lowest BCUT2D eigenvalue weighted by Crippen LogP contribution is -2.37. The highest BCUT2D eigenvalue weighted by molar-refractivity contribution is 5.89. The Bertz CT molecular complexity index is 508. The van der Waals surface area contributed by atoms with E-state index in [1.54, 1.807) is 12.4 Å². The summed E-state index contributed by atoms with van der Waals surface area (Å²) in [6, 6.07) is 0.272. The lowest BCUT2D eigenvalue weighted by Gasteiger charge is -2.24. The van der Waals surface area contributed by atoms with Crippen molar-refractivity contribution in [3.8, 4) is 0 Å². The molecule has 114 valence electrons. The molecule has 3 rings (SSSR count). The van der Waals surface area contributed by atoms with Crippen molar-refractivity contribution in [3.63, 3.8) is 0 Å². The van der Waals surface area contributed by atoms with Crippen LogP contribution < -0.4 is 5.32 Å². The molecule has 1 aromatic rings. The molecule has 1 saturated heterocycles. The first kappa shape index (κ1) is 14.1. The molecule has 2 heterocycles. The molecule has 1 aromatic heterocycles. The molecule has 6 nitrogen and oxygen atoms in total. The van der Waals surface area contributed by atoms with Crippen molar-refractivity contribution in [2.75, 3.05) is 6.54 Å². The number of hydrogen-bond acceptors (Lipinski definition) is 3. The molecule has 6 heteroatoms. The van der Waals surface area contributed by atoms with Crippen molar-refractivity contribution in [2.24, 2.45) is 5.92 Å². The number of aromatic amines is 1. The van der Waals surface area contributed by atoms with Gasteiger partial charge in [-0.3, -0.25) is 14.7 Å². The number of nitrogens with zero attached hydrogens (tertiary/aromatic N) is 2. The molecule has 2 fully saturated rings.